The molecule has 0 radical (unpaired) electrons. The highest BCUT2D eigenvalue weighted by Crippen LogP contribution is 2.11. The molecule has 0 fully saturated rings. The molecule has 0 bridgehead atoms. The SMILES string of the molecule is CCCCCCCCCCC(C)OC(N)=S. The molecule has 0 aromatic heterocycles. The number of rotatable bonds is 10. The van der Waals surface area contributed by atoms with Crippen LogP contribution in [0.2, 0.25) is 0 Å². The van der Waals surface area contributed by atoms with Gasteiger partial charge in [-0.25, -0.2) is 0 Å². The van der Waals surface area contributed by atoms with Crippen LogP contribution in [-0.2, 0) is 4.74 Å². The molecule has 0 aliphatic rings. The van der Waals surface area contributed by atoms with Crippen LogP contribution in [0.15, 0.2) is 0 Å². The molecule has 0 aliphatic carbocycles. The summed E-state index contributed by atoms with van der Waals surface area (Å²) in [5.41, 5.74) is 5.30. The average molecular weight is 245 g/mol. The maximum atomic E-state index is 5.30. The van der Waals surface area contributed by atoms with Crippen LogP contribution < -0.4 is 5.73 Å². The van der Waals surface area contributed by atoms with Gasteiger partial charge in [-0.2, -0.15) is 0 Å². The molecule has 0 heterocycles. The van der Waals surface area contributed by atoms with Crippen molar-refractivity contribution in [1.29, 1.82) is 0 Å². The Balaban J connectivity index is 3.11. The van der Waals surface area contributed by atoms with E-state index in [0.29, 0.717) is 0 Å². The Morgan fingerprint density at radius 1 is 1.06 bits per heavy atom. The molecule has 3 heteroatoms. The molecular weight excluding hydrogens is 218 g/mol. The van der Waals surface area contributed by atoms with Crippen LogP contribution in [-0.4, -0.2) is 11.3 Å². The van der Waals surface area contributed by atoms with Crippen LogP contribution in [0.5, 0.6) is 0 Å². The first kappa shape index (κ1) is 15.7. The maximum Gasteiger partial charge on any atom is 0.254 e. The molecule has 2 N–H and O–H groups in total. The van der Waals surface area contributed by atoms with E-state index in [9.17, 15) is 0 Å². The topological polar surface area (TPSA) is 35.2 Å². The normalized spacial score (nSPS) is 12.4. The van der Waals surface area contributed by atoms with Gasteiger partial charge in [0, 0.05) is 0 Å². The quantitative estimate of drug-likeness (QED) is 0.463. The minimum atomic E-state index is 0.173. The lowest BCUT2D eigenvalue weighted by molar-refractivity contribution is 0.196. The minimum absolute atomic E-state index is 0.173. The molecule has 1 atom stereocenters. The maximum absolute atomic E-state index is 5.30. The molecule has 0 aromatic carbocycles. The van der Waals surface area contributed by atoms with Crippen LogP contribution in [0, 0.1) is 0 Å². The number of hydrogen-bond acceptors (Lipinski definition) is 2. The van der Waals surface area contributed by atoms with E-state index in [2.05, 4.69) is 19.1 Å². The van der Waals surface area contributed by atoms with Gasteiger partial charge in [-0.15, -0.1) is 0 Å². The standard InChI is InChI=1S/C13H27NOS/c1-3-4-5-6-7-8-9-10-11-12(2)15-13(14)16/h12H,3-11H2,1-2H3,(H2,14,16). The summed E-state index contributed by atoms with van der Waals surface area (Å²) in [6, 6.07) is 0. The van der Waals surface area contributed by atoms with Gasteiger partial charge in [0.05, 0.1) is 6.10 Å². The number of ether oxygens (including phenoxy) is 1. The zero-order chi connectivity index (χ0) is 12.2. The average Bonchev–Trinajstić information content (AvgIpc) is 2.21. The molecule has 1 unspecified atom stereocenters. The summed E-state index contributed by atoms with van der Waals surface area (Å²) in [5, 5.41) is 0.173. The smallest absolute Gasteiger partial charge is 0.254 e. The van der Waals surface area contributed by atoms with E-state index in [0.717, 1.165) is 6.42 Å². The number of thiocarbonyl (C=S) groups is 1. The Hall–Kier alpha value is -0.310. The van der Waals surface area contributed by atoms with Gasteiger partial charge < -0.3 is 10.5 Å². The van der Waals surface area contributed by atoms with Crippen molar-refractivity contribution in [2.24, 2.45) is 5.73 Å². The van der Waals surface area contributed by atoms with Gasteiger partial charge in [-0.05, 0) is 32.0 Å². The first-order valence-corrected chi connectivity index (χ1v) is 7.03. The van der Waals surface area contributed by atoms with Crippen molar-refractivity contribution in [3.05, 3.63) is 0 Å². The predicted octanol–water partition coefficient (Wildman–Crippen LogP) is 4.17. The van der Waals surface area contributed by atoms with Crippen molar-refractivity contribution >= 4 is 17.4 Å². The molecule has 0 rings (SSSR count). The molecule has 0 aliphatic heterocycles. The zero-order valence-electron chi connectivity index (χ0n) is 10.8. The Morgan fingerprint density at radius 3 is 2.06 bits per heavy atom. The van der Waals surface area contributed by atoms with Crippen molar-refractivity contribution in [2.45, 2.75) is 77.7 Å². The summed E-state index contributed by atoms with van der Waals surface area (Å²) >= 11 is 4.69. The summed E-state index contributed by atoms with van der Waals surface area (Å²) in [7, 11) is 0. The second-order valence-corrected chi connectivity index (χ2v) is 4.91. The van der Waals surface area contributed by atoms with Gasteiger partial charge in [0.1, 0.15) is 0 Å². The Morgan fingerprint density at radius 2 is 1.56 bits per heavy atom. The van der Waals surface area contributed by atoms with Crippen molar-refractivity contribution in [1.82, 2.24) is 0 Å². The highest BCUT2D eigenvalue weighted by molar-refractivity contribution is 7.80. The van der Waals surface area contributed by atoms with Gasteiger partial charge in [0.25, 0.3) is 5.17 Å². The van der Waals surface area contributed by atoms with Crippen molar-refractivity contribution in [2.75, 3.05) is 0 Å². The van der Waals surface area contributed by atoms with E-state index >= 15 is 0 Å². The van der Waals surface area contributed by atoms with Gasteiger partial charge in [-0.1, -0.05) is 51.9 Å². The monoisotopic (exact) mass is 245 g/mol. The fraction of sp³-hybridized carbons (Fsp3) is 0.923. The van der Waals surface area contributed by atoms with Crippen LogP contribution >= 0.6 is 12.2 Å². The molecule has 96 valence electrons. The van der Waals surface area contributed by atoms with Gasteiger partial charge in [0.15, 0.2) is 0 Å². The first-order chi connectivity index (χ1) is 7.66. The van der Waals surface area contributed by atoms with Crippen LogP contribution in [0.25, 0.3) is 0 Å². The minimum Gasteiger partial charge on any atom is -0.468 e. The third-order valence-corrected chi connectivity index (χ3v) is 2.88. The Labute approximate surface area is 106 Å². The van der Waals surface area contributed by atoms with E-state index in [4.69, 9.17) is 10.5 Å². The molecule has 2 nitrogen and oxygen atoms in total. The molecule has 16 heavy (non-hydrogen) atoms. The molecule has 0 aromatic rings. The molecule has 0 saturated heterocycles. The second kappa shape index (κ2) is 11.2. The van der Waals surface area contributed by atoms with E-state index in [1.807, 2.05) is 6.92 Å². The Kier molecular flexibility index (Phi) is 11.0. The first-order valence-electron chi connectivity index (χ1n) is 6.63. The van der Waals surface area contributed by atoms with Crippen LogP contribution in [0.3, 0.4) is 0 Å². The van der Waals surface area contributed by atoms with Crippen molar-refractivity contribution < 1.29 is 4.74 Å². The second-order valence-electron chi connectivity index (χ2n) is 4.51. The van der Waals surface area contributed by atoms with Crippen molar-refractivity contribution in [3.8, 4) is 0 Å². The largest absolute Gasteiger partial charge is 0.468 e. The van der Waals surface area contributed by atoms with Gasteiger partial charge in [0.2, 0.25) is 0 Å². The number of nitrogens with two attached hydrogens (primary N) is 1. The van der Waals surface area contributed by atoms with E-state index in [1.165, 1.54) is 51.4 Å². The lowest BCUT2D eigenvalue weighted by atomic mass is 10.1. The van der Waals surface area contributed by atoms with Crippen LogP contribution in [0.1, 0.15) is 71.6 Å². The summed E-state index contributed by atoms with van der Waals surface area (Å²) in [6.45, 7) is 4.28. The zero-order valence-corrected chi connectivity index (χ0v) is 11.7. The summed E-state index contributed by atoms with van der Waals surface area (Å²) < 4.78 is 5.22. The molecule has 0 spiro atoms. The highest BCUT2D eigenvalue weighted by Gasteiger charge is 2.02. The summed E-state index contributed by atoms with van der Waals surface area (Å²) in [4.78, 5) is 0. The number of unbranched alkanes of at least 4 members (excludes halogenated alkanes) is 7. The van der Waals surface area contributed by atoms with E-state index in [1.54, 1.807) is 0 Å². The summed E-state index contributed by atoms with van der Waals surface area (Å²) in [6.07, 6.45) is 12.0. The predicted molar refractivity (Wildman–Crippen MR) is 74.6 cm³/mol. The lowest BCUT2D eigenvalue weighted by Crippen LogP contribution is -2.19. The highest BCUT2D eigenvalue weighted by atomic mass is 32.1. The molecular formula is C13H27NOS. The van der Waals surface area contributed by atoms with Gasteiger partial charge >= 0.3 is 0 Å². The van der Waals surface area contributed by atoms with E-state index < -0.39 is 0 Å². The fourth-order valence-corrected chi connectivity index (χ4v) is 1.99. The number of hydrogen-bond donors (Lipinski definition) is 1. The summed E-state index contributed by atoms with van der Waals surface area (Å²) in [5.74, 6) is 0. The fourth-order valence-electron chi connectivity index (χ4n) is 1.82. The molecule has 0 saturated carbocycles. The van der Waals surface area contributed by atoms with Crippen molar-refractivity contribution in [3.63, 3.8) is 0 Å². The third kappa shape index (κ3) is 11.8. The van der Waals surface area contributed by atoms with E-state index in [-0.39, 0.29) is 11.3 Å². The van der Waals surface area contributed by atoms with Gasteiger partial charge in [-0.3, -0.25) is 0 Å². The Bertz CT molecular complexity index is 173. The lowest BCUT2D eigenvalue weighted by Gasteiger charge is -2.12. The third-order valence-electron chi connectivity index (χ3n) is 2.78. The molecule has 0 amide bonds. The van der Waals surface area contributed by atoms with Crippen LogP contribution in [0.4, 0.5) is 0 Å².